The van der Waals surface area contributed by atoms with Crippen molar-refractivity contribution in [2.75, 3.05) is 20.3 Å². The van der Waals surface area contributed by atoms with Crippen LogP contribution >= 0.6 is 0 Å². The molecule has 102 valence electrons. The van der Waals surface area contributed by atoms with Gasteiger partial charge in [-0.2, -0.15) is 0 Å². The van der Waals surface area contributed by atoms with Crippen LogP contribution in [0.15, 0.2) is 18.2 Å². The maximum atomic E-state index is 5.89. The van der Waals surface area contributed by atoms with Gasteiger partial charge in [-0.3, -0.25) is 0 Å². The van der Waals surface area contributed by atoms with Crippen molar-refractivity contribution < 1.29 is 9.47 Å². The summed E-state index contributed by atoms with van der Waals surface area (Å²) in [6.45, 7) is 5.78. The Morgan fingerprint density at radius 1 is 1.17 bits per heavy atom. The fourth-order valence-electron chi connectivity index (χ4n) is 1.89. The van der Waals surface area contributed by atoms with Gasteiger partial charge in [0.2, 0.25) is 0 Å². The molecule has 0 fully saturated rings. The zero-order valence-electron chi connectivity index (χ0n) is 11.7. The molecule has 0 atom stereocenters. The molecule has 0 aromatic heterocycles. The maximum absolute atomic E-state index is 5.89. The van der Waals surface area contributed by atoms with Crippen LogP contribution < -0.4 is 15.2 Å². The Labute approximate surface area is 110 Å². The summed E-state index contributed by atoms with van der Waals surface area (Å²) in [5.41, 5.74) is 6.77. The van der Waals surface area contributed by atoms with Gasteiger partial charge in [-0.25, -0.2) is 0 Å². The molecular formula is C15H25NO2. The lowest BCUT2D eigenvalue weighted by Crippen LogP contribution is -2.11. The van der Waals surface area contributed by atoms with Gasteiger partial charge in [-0.05, 0) is 36.6 Å². The molecule has 1 aromatic carbocycles. The lowest BCUT2D eigenvalue weighted by molar-refractivity contribution is 0.230. The van der Waals surface area contributed by atoms with Crippen LogP contribution in [-0.4, -0.2) is 20.3 Å². The molecule has 0 aliphatic rings. The molecule has 0 heterocycles. The zero-order chi connectivity index (χ0) is 13.4. The van der Waals surface area contributed by atoms with Crippen molar-refractivity contribution in [3.05, 3.63) is 23.8 Å². The van der Waals surface area contributed by atoms with Crippen LogP contribution in [0, 0.1) is 5.92 Å². The highest BCUT2D eigenvalue weighted by Crippen LogP contribution is 2.29. The van der Waals surface area contributed by atoms with E-state index in [0.717, 1.165) is 37.4 Å². The average Bonchev–Trinajstić information content (AvgIpc) is 2.40. The van der Waals surface area contributed by atoms with Crippen molar-refractivity contribution in [3.8, 4) is 11.5 Å². The number of ether oxygens (including phenoxy) is 2. The van der Waals surface area contributed by atoms with E-state index in [2.05, 4.69) is 13.8 Å². The van der Waals surface area contributed by atoms with Crippen molar-refractivity contribution in [2.45, 2.75) is 33.1 Å². The van der Waals surface area contributed by atoms with Gasteiger partial charge >= 0.3 is 0 Å². The minimum Gasteiger partial charge on any atom is -0.493 e. The molecule has 0 amide bonds. The van der Waals surface area contributed by atoms with E-state index in [1.165, 1.54) is 5.56 Å². The molecule has 2 N–H and O–H groups in total. The smallest absolute Gasteiger partial charge is 0.161 e. The maximum Gasteiger partial charge on any atom is 0.161 e. The minimum absolute atomic E-state index is 0.605. The largest absolute Gasteiger partial charge is 0.493 e. The van der Waals surface area contributed by atoms with Crippen LogP contribution in [0.3, 0.4) is 0 Å². The molecule has 0 unspecified atom stereocenters. The fraction of sp³-hybridized carbons (Fsp3) is 0.600. The van der Waals surface area contributed by atoms with Gasteiger partial charge in [0.05, 0.1) is 13.7 Å². The normalized spacial score (nSPS) is 10.7. The van der Waals surface area contributed by atoms with Gasteiger partial charge in [0.25, 0.3) is 0 Å². The first-order valence-corrected chi connectivity index (χ1v) is 6.74. The van der Waals surface area contributed by atoms with Crippen molar-refractivity contribution >= 4 is 0 Å². The van der Waals surface area contributed by atoms with Crippen molar-refractivity contribution in [2.24, 2.45) is 11.7 Å². The molecule has 0 aliphatic carbocycles. The summed E-state index contributed by atoms with van der Waals surface area (Å²) in [6, 6.07) is 6.02. The van der Waals surface area contributed by atoms with Gasteiger partial charge in [-0.1, -0.05) is 32.8 Å². The molecule has 3 nitrogen and oxygen atoms in total. The first-order chi connectivity index (χ1) is 8.74. The first kappa shape index (κ1) is 14.8. The molecular weight excluding hydrogens is 226 g/mol. The summed E-state index contributed by atoms with van der Waals surface area (Å²) in [7, 11) is 1.67. The number of nitrogens with two attached hydrogens (primary N) is 1. The molecule has 1 rings (SSSR count). The number of rotatable bonds is 8. The van der Waals surface area contributed by atoms with E-state index in [0.29, 0.717) is 12.5 Å². The van der Waals surface area contributed by atoms with E-state index in [1.807, 2.05) is 18.2 Å². The predicted octanol–water partition coefficient (Wildman–Crippen LogP) is 3.01. The van der Waals surface area contributed by atoms with E-state index in [1.54, 1.807) is 7.11 Å². The number of benzene rings is 1. The summed E-state index contributed by atoms with van der Waals surface area (Å²) in [6.07, 6.45) is 3.15. The molecule has 0 radical (unpaired) electrons. The second-order valence-corrected chi connectivity index (χ2v) is 4.52. The topological polar surface area (TPSA) is 44.5 Å². The second kappa shape index (κ2) is 7.98. The number of hydrogen-bond donors (Lipinski definition) is 1. The van der Waals surface area contributed by atoms with Gasteiger partial charge in [-0.15, -0.1) is 0 Å². The van der Waals surface area contributed by atoms with Crippen LogP contribution in [0.25, 0.3) is 0 Å². The van der Waals surface area contributed by atoms with Gasteiger partial charge in [0.1, 0.15) is 0 Å². The molecule has 0 aliphatic heterocycles. The van der Waals surface area contributed by atoms with Crippen LogP contribution in [0.2, 0.25) is 0 Å². The van der Waals surface area contributed by atoms with Crippen LogP contribution in [0.1, 0.15) is 32.3 Å². The molecule has 3 heteroatoms. The number of methoxy groups -OCH3 is 1. The van der Waals surface area contributed by atoms with Crippen LogP contribution in [-0.2, 0) is 6.42 Å². The highest BCUT2D eigenvalue weighted by atomic mass is 16.5. The molecule has 0 saturated heterocycles. The van der Waals surface area contributed by atoms with E-state index >= 15 is 0 Å². The Balaban J connectivity index is 2.74. The van der Waals surface area contributed by atoms with E-state index in [-0.39, 0.29) is 0 Å². The molecule has 18 heavy (non-hydrogen) atoms. The molecule has 0 spiro atoms. The van der Waals surface area contributed by atoms with Crippen molar-refractivity contribution in [1.82, 2.24) is 0 Å². The highest BCUT2D eigenvalue weighted by molar-refractivity contribution is 5.43. The summed E-state index contributed by atoms with van der Waals surface area (Å²) in [4.78, 5) is 0. The molecule has 1 aromatic rings. The van der Waals surface area contributed by atoms with Gasteiger partial charge in [0.15, 0.2) is 11.5 Å². The summed E-state index contributed by atoms with van der Waals surface area (Å²) in [5, 5.41) is 0. The first-order valence-electron chi connectivity index (χ1n) is 6.74. The van der Waals surface area contributed by atoms with Gasteiger partial charge in [0, 0.05) is 0 Å². The minimum atomic E-state index is 0.605. The second-order valence-electron chi connectivity index (χ2n) is 4.52. The monoisotopic (exact) mass is 251 g/mol. The Morgan fingerprint density at radius 3 is 2.44 bits per heavy atom. The molecule has 0 saturated carbocycles. The average molecular weight is 251 g/mol. The summed E-state index contributed by atoms with van der Waals surface area (Å²) in [5.74, 6) is 2.23. The van der Waals surface area contributed by atoms with Crippen LogP contribution in [0.4, 0.5) is 0 Å². The third-order valence-electron chi connectivity index (χ3n) is 3.29. The van der Waals surface area contributed by atoms with E-state index < -0.39 is 0 Å². The Bertz CT molecular complexity index is 348. The third-order valence-corrected chi connectivity index (χ3v) is 3.29. The van der Waals surface area contributed by atoms with Crippen molar-refractivity contribution in [3.63, 3.8) is 0 Å². The van der Waals surface area contributed by atoms with Crippen molar-refractivity contribution in [1.29, 1.82) is 0 Å². The Hall–Kier alpha value is -1.22. The molecule has 0 bridgehead atoms. The highest BCUT2D eigenvalue weighted by Gasteiger charge is 2.09. The predicted molar refractivity (Wildman–Crippen MR) is 75.3 cm³/mol. The standard InChI is InChI=1S/C15H25NO2/c1-4-12(5-2)11-18-15-10-13(8-9-16)6-7-14(15)17-3/h6-7,10,12H,4-5,8-9,11,16H2,1-3H3. The summed E-state index contributed by atoms with van der Waals surface area (Å²) >= 11 is 0. The van der Waals surface area contributed by atoms with E-state index in [9.17, 15) is 0 Å². The number of hydrogen-bond acceptors (Lipinski definition) is 3. The lowest BCUT2D eigenvalue weighted by atomic mass is 10.1. The van der Waals surface area contributed by atoms with E-state index in [4.69, 9.17) is 15.2 Å². The van der Waals surface area contributed by atoms with Crippen LogP contribution in [0.5, 0.6) is 11.5 Å². The summed E-state index contributed by atoms with van der Waals surface area (Å²) < 4.78 is 11.2. The fourth-order valence-corrected chi connectivity index (χ4v) is 1.89. The Morgan fingerprint density at radius 2 is 1.89 bits per heavy atom. The van der Waals surface area contributed by atoms with Gasteiger partial charge < -0.3 is 15.2 Å². The quantitative estimate of drug-likeness (QED) is 0.772. The SMILES string of the molecule is CCC(CC)COc1cc(CCN)ccc1OC. The lowest BCUT2D eigenvalue weighted by Gasteiger charge is -2.16. The third kappa shape index (κ3) is 4.22. The zero-order valence-corrected chi connectivity index (χ0v) is 11.7. The Kier molecular flexibility index (Phi) is 6.58.